The van der Waals surface area contributed by atoms with Crippen LogP contribution in [-0.4, -0.2) is 43.5 Å². The summed E-state index contributed by atoms with van der Waals surface area (Å²) in [5.41, 5.74) is 5.40. The predicted octanol–water partition coefficient (Wildman–Crippen LogP) is 2.44. The van der Waals surface area contributed by atoms with E-state index in [1.807, 2.05) is 0 Å². The Morgan fingerprint density at radius 1 is 1.29 bits per heavy atom. The van der Waals surface area contributed by atoms with Crippen molar-refractivity contribution in [2.24, 2.45) is 17.6 Å². The number of carbonyl (C=O) groups excluding carboxylic acids is 1. The second-order valence-electron chi connectivity index (χ2n) is 6.16. The number of nitrogens with two attached hydrogens (primary N) is 1. The van der Waals surface area contributed by atoms with Crippen LogP contribution < -0.4 is 11.1 Å². The number of nitrogens with zero attached hydrogens (tertiary/aromatic N) is 1. The molecular formula is C15H33Cl2N3O. The lowest BCUT2D eigenvalue weighted by Crippen LogP contribution is -2.39. The number of piperidine rings is 1. The minimum Gasteiger partial charge on any atom is -0.356 e. The van der Waals surface area contributed by atoms with Crippen LogP contribution in [0.15, 0.2) is 0 Å². The van der Waals surface area contributed by atoms with Gasteiger partial charge in [-0.2, -0.15) is 0 Å². The molecule has 0 saturated carbocycles. The summed E-state index contributed by atoms with van der Waals surface area (Å²) in [5.74, 6) is 1.62. The summed E-state index contributed by atoms with van der Waals surface area (Å²) in [5, 5.41) is 3.04. The lowest BCUT2D eigenvalue weighted by molar-refractivity contribution is -0.121. The third kappa shape index (κ3) is 11.2. The highest BCUT2D eigenvalue weighted by Gasteiger charge is 2.19. The van der Waals surface area contributed by atoms with Crippen LogP contribution in [-0.2, 0) is 4.79 Å². The molecule has 1 saturated heterocycles. The molecule has 0 aromatic rings. The Hall–Kier alpha value is -0.0300. The van der Waals surface area contributed by atoms with Crippen molar-refractivity contribution in [3.63, 3.8) is 0 Å². The largest absolute Gasteiger partial charge is 0.356 e. The monoisotopic (exact) mass is 341 g/mol. The van der Waals surface area contributed by atoms with Crippen molar-refractivity contribution >= 4 is 30.7 Å². The Morgan fingerprint density at radius 2 is 1.90 bits per heavy atom. The lowest BCUT2D eigenvalue weighted by Gasteiger charge is -2.32. The van der Waals surface area contributed by atoms with E-state index in [1.54, 1.807) is 0 Å². The molecule has 0 aromatic carbocycles. The first kappa shape index (κ1) is 23.2. The molecule has 0 aromatic heterocycles. The van der Waals surface area contributed by atoms with Crippen LogP contribution in [0.3, 0.4) is 0 Å². The summed E-state index contributed by atoms with van der Waals surface area (Å²) in [6.07, 6.45) is 5.09. The van der Waals surface area contributed by atoms with Crippen LogP contribution in [0.2, 0.25) is 0 Å². The van der Waals surface area contributed by atoms with Gasteiger partial charge in [0.1, 0.15) is 0 Å². The molecular weight excluding hydrogens is 309 g/mol. The average molecular weight is 342 g/mol. The van der Waals surface area contributed by atoms with Gasteiger partial charge in [0.05, 0.1) is 0 Å². The van der Waals surface area contributed by atoms with Crippen molar-refractivity contribution in [2.45, 2.75) is 46.0 Å². The fraction of sp³-hybridized carbons (Fsp3) is 0.933. The van der Waals surface area contributed by atoms with E-state index in [2.05, 4.69) is 24.1 Å². The van der Waals surface area contributed by atoms with E-state index in [4.69, 9.17) is 5.73 Å². The van der Waals surface area contributed by atoms with Crippen molar-refractivity contribution in [1.29, 1.82) is 0 Å². The second-order valence-corrected chi connectivity index (χ2v) is 6.16. The third-order valence-electron chi connectivity index (χ3n) is 3.93. The van der Waals surface area contributed by atoms with E-state index in [9.17, 15) is 4.79 Å². The van der Waals surface area contributed by atoms with Crippen molar-refractivity contribution in [2.75, 3.05) is 32.7 Å². The maximum absolute atomic E-state index is 11.5. The summed E-state index contributed by atoms with van der Waals surface area (Å²) in [6, 6.07) is 0. The van der Waals surface area contributed by atoms with Crippen LogP contribution in [0, 0.1) is 11.8 Å². The molecule has 3 N–H and O–H groups in total. The predicted molar refractivity (Wildman–Crippen MR) is 94.4 cm³/mol. The summed E-state index contributed by atoms with van der Waals surface area (Å²) in [6.45, 7) is 9.62. The quantitative estimate of drug-likeness (QED) is 0.712. The summed E-state index contributed by atoms with van der Waals surface area (Å²) < 4.78 is 0. The Labute approximate surface area is 142 Å². The Morgan fingerprint density at radius 3 is 2.43 bits per heavy atom. The molecule has 0 radical (unpaired) electrons. The van der Waals surface area contributed by atoms with Gasteiger partial charge < -0.3 is 16.0 Å². The van der Waals surface area contributed by atoms with Gasteiger partial charge in [-0.1, -0.05) is 13.8 Å². The highest BCUT2D eigenvalue weighted by Crippen LogP contribution is 2.17. The number of likely N-dealkylation sites (tertiary alicyclic amines) is 1. The van der Waals surface area contributed by atoms with E-state index < -0.39 is 0 Å². The number of rotatable bonds is 8. The Kier molecular flexibility index (Phi) is 15.1. The molecule has 1 fully saturated rings. The molecule has 1 amide bonds. The van der Waals surface area contributed by atoms with E-state index >= 15 is 0 Å². The van der Waals surface area contributed by atoms with Gasteiger partial charge in [0.25, 0.3) is 0 Å². The molecule has 1 rings (SSSR count). The van der Waals surface area contributed by atoms with Gasteiger partial charge in [-0.05, 0) is 63.7 Å². The maximum Gasteiger partial charge on any atom is 0.220 e. The lowest BCUT2D eigenvalue weighted by atomic mass is 9.96. The number of amides is 1. The van der Waals surface area contributed by atoms with Crippen LogP contribution >= 0.6 is 24.8 Å². The molecule has 0 spiro atoms. The van der Waals surface area contributed by atoms with E-state index in [1.165, 1.54) is 38.9 Å². The van der Waals surface area contributed by atoms with Crippen molar-refractivity contribution in [1.82, 2.24) is 10.2 Å². The maximum atomic E-state index is 11.5. The molecule has 6 heteroatoms. The van der Waals surface area contributed by atoms with Crippen LogP contribution in [0.25, 0.3) is 0 Å². The molecule has 1 aliphatic rings. The molecule has 0 bridgehead atoms. The first-order valence-corrected chi connectivity index (χ1v) is 7.81. The molecule has 21 heavy (non-hydrogen) atoms. The van der Waals surface area contributed by atoms with Crippen LogP contribution in [0.4, 0.5) is 0 Å². The number of halogens is 2. The van der Waals surface area contributed by atoms with Gasteiger partial charge in [0.15, 0.2) is 0 Å². The molecule has 4 nitrogen and oxygen atoms in total. The van der Waals surface area contributed by atoms with Crippen molar-refractivity contribution in [3.8, 4) is 0 Å². The average Bonchev–Trinajstić information content (AvgIpc) is 2.41. The zero-order chi connectivity index (χ0) is 14.1. The second kappa shape index (κ2) is 13.6. The first-order chi connectivity index (χ1) is 9.11. The zero-order valence-corrected chi connectivity index (χ0v) is 15.1. The SMILES string of the molecule is CC(C)CCN1CCC(CNC(=O)CCCN)CC1.Cl.Cl. The van der Waals surface area contributed by atoms with Crippen molar-refractivity contribution < 1.29 is 4.79 Å². The summed E-state index contributed by atoms with van der Waals surface area (Å²) in [4.78, 5) is 14.1. The normalized spacial score (nSPS) is 16.2. The first-order valence-electron chi connectivity index (χ1n) is 7.81. The molecule has 0 unspecified atom stereocenters. The van der Waals surface area contributed by atoms with Gasteiger partial charge >= 0.3 is 0 Å². The standard InChI is InChI=1S/C15H31N3O.2ClH/c1-13(2)5-9-18-10-6-14(7-11-18)12-17-15(19)4-3-8-16;;/h13-14H,3-12,16H2,1-2H3,(H,17,19);2*1H. The van der Waals surface area contributed by atoms with Gasteiger partial charge in [-0.3, -0.25) is 4.79 Å². The Balaban J connectivity index is 0. The third-order valence-corrected chi connectivity index (χ3v) is 3.93. The topological polar surface area (TPSA) is 58.4 Å². The van der Waals surface area contributed by atoms with E-state index in [0.717, 1.165) is 18.9 Å². The fourth-order valence-corrected chi connectivity index (χ4v) is 2.46. The smallest absolute Gasteiger partial charge is 0.220 e. The minimum absolute atomic E-state index is 0. The number of nitrogens with one attached hydrogen (secondary N) is 1. The molecule has 0 aliphatic carbocycles. The molecule has 1 heterocycles. The minimum atomic E-state index is 0. The summed E-state index contributed by atoms with van der Waals surface area (Å²) in [7, 11) is 0. The van der Waals surface area contributed by atoms with Gasteiger partial charge in [-0.15, -0.1) is 24.8 Å². The Bertz CT molecular complexity index is 257. The highest BCUT2D eigenvalue weighted by atomic mass is 35.5. The highest BCUT2D eigenvalue weighted by molar-refractivity contribution is 5.85. The number of hydrogen-bond acceptors (Lipinski definition) is 3. The number of hydrogen-bond donors (Lipinski definition) is 2. The van der Waals surface area contributed by atoms with E-state index in [0.29, 0.717) is 18.9 Å². The number of carbonyl (C=O) groups is 1. The van der Waals surface area contributed by atoms with Crippen molar-refractivity contribution in [3.05, 3.63) is 0 Å². The molecule has 0 atom stereocenters. The van der Waals surface area contributed by atoms with Gasteiger partial charge in [0, 0.05) is 13.0 Å². The molecule has 128 valence electrons. The van der Waals surface area contributed by atoms with Gasteiger partial charge in [0.2, 0.25) is 5.91 Å². The fourth-order valence-electron chi connectivity index (χ4n) is 2.46. The van der Waals surface area contributed by atoms with Crippen LogP contribution in [0.5, 0.6) is 0 Å². The van der Waals surface area contributed by atoms with Gasteiger partial charge in [-0.25, -0.2) is 0 Å². The van der Waals surface area contributed by atoms with E-state index in [-0.39, 0.29) is 30.7 Å². The zero-order valence-electron chi connectivity index (χ0n) is 13.5. The molecule has 1 aliphatic heterocycles. The summed E-state index contributed by atoms with van der Waals surface area (Å²) >= 11 is 0. The van der Waals surface area contributed by atoms with Crippen LogP contribution in [0.1, 0.15) is 46.0 Å².